The molecule has 6 nitrogen and oxygen atoms in total. The monoisotopic (exact) mass is 460 g/mol. The van der Waals surface area contributed by atoms with E-state index in [4.69, 9.17) is 4.52 Å². The van der Waals surface area contributed by atoms with E-state index >= 15 is 0 Å². The van der Waals surface area contributed by atoms with E-state index in [0.29, 0.717) is 35.1 Å². The maximum atomic E-state index is 14.1. The van der Waals surface area contributed by atoms with Crippen LogP contribution in [0.4, 0.5) is 9.18 Å². The first-order valence-corrected chi connectivity index (χ1v) is 11.4. The predicted molar refractivity (Wildman–Crippen MR) is 125 cm³/mol. The van der Waals surface area contributed by atoms with E-state index in [9.17, 15) is 9.18 Å². The number of aryl methyl sites for hydroxylation is 1. The van der Waals surface area contributed by atoms with Gasteiger partial charge in [0.25, 0.3) is 5.89 Å². The molecular weight excluding hydrogens is 439 g/mol. The van der Waals surface area contributed by atoms with Gasteiger partial charge >= 0.3 is 6.03 Å². The normalized spacial score (nSPS) is 16.3. The minimum absolute atomic E-state index is 0.272. The number of hydrogen-bond donors (Lipinski definition) is 1. The highest BCUT2D eigenvalue weighted by Gasteiger charge is 2.36. The minimum Gasteiger partial charge on any atom is -0.334 e. The van der Waals surface area contributed by atoms with Crippen LogP contribution < -0.4 is 5.32 Å². The molecule has 0 radical (unpaired) electrons. The minimum atomic E-state index is -0.627. The average Bonchev–Trinajstić information content (AvgIpc) is 3.49. The van der Waals surface area contributed by atoms with Gasteiger partial charge in [-0.3, -0.25) is 4.90 Å². The number of urea groups is 1. The zero-order valence-corrected chi connectivity index (χ0v) is 18.9. The van der Waals surface area contributed by atoms with Crippen molar-refractivity contribution in [2.24, 2.45) is 0 Å². The Labute approximate surface area is 194 Å². The van der Waals surface area contributed by atoms with Gasteiger partial charge in [0, 0.05) is 5.70 Å². The SMILES string of the molecule is CC1=C(c2nc(-c3cccs3)no2)C(c2cccc(F)c2)NC(=O)N1Cc1ccccc1C. The van der Waals surface area contributed by atoms with E-state index in [1.807, 2.05) is 55.6 Å². The van der Waals surface area contributed by atoms with Crippen molar-refractivity contribution in [3.63, 3.8) is 0 Å². The summed E-state index contributed by atoms with van der Waals surface area (Å²) in [5.41, 5.74) is 4.04. The number of thiophene rings is 1. The molecule has 0 fully saturated rings. The van der Waals surface area contributed by atoms with Crippen molar-refractivity contribution in [3.05, 3.63) is 100 Å². The third-order valence-corrected chi connectivity index (χ3v) is 6.63. The van der Waals surface area contributed by atoms with Gasteiger partial charge < -0.3 is 9.84 Å². The Morgan fingerprint density at radius 3 is 2.73 bits per heavy atom. The Bertz CT molecular complexity index is 1350. The molecule has 0 saturated heterocycles. The number of nitrogens with one attached hydrogen (secondary N) is 1. The second-order valence-corrected chi connectivity index (χ2v) is 8.80. The molecule has 1 aliphatic heterocycles. The summed E-state index contributed by atoms with van der Waals surface area (Å²) < 4.78 is 19.7. The van der Waals surface area contributed by atoms with E-state index < -0.39 is 6.04 Å². The molecule has 1 unspecified atom stereocenters. The lowest BCUT2D eigenvalue weighted by Gasteiger charge is -2.35. The fourth-order valence-electron chi connectivity index (χ4n) is 3.98. The third-order valence-electron chi connectivity index (χ3n) is 5.77. The smallest absolute Gasteiger partial charge is 0.322 e. The molecule has 3 heterocycles. The number of hydrogen-bond acceptors (Lipinski definition) is 5. The maximum absolute atomic E-state index is 14.1. The first-order chi connectivity index (χ1) is 16.0. The van der Waals surface area contributed by atoms with Crippen molar-refractivity contribution in [1.29, 1.82) is 0 Å². The van der Waals surface area contributed by atoms with Crippen LogP contribution in [0, 0.1) is 12.7 Å². The number of halogens is 1. The number of benzene rings is 2. The first kappa shape index (κ1) is 21.1. The van der Waals surface area contributed by atoms with Crippen LogP contribution in [0.5, 0.6) is 0 Å². The van der Waals surface area contributed by atoms with Gasteiger partial charge in [-0.1, -0.05) is 47.6 Å². The van der Waals surface area contributed by atoms with Crippen LogP contribution in [0.25, 0.3) is 16.3 Å². The van der Waals surface area contributed by atoms with Crippen LogP contribution in [0.2, 0.25) is 0 Å². The molecule has 33 heavy (non-hydrogen) atoms. The second kappa shape index (κ2) is 8.63. The van der Waals surface area contributed by atoms with Crippen molar-refractivity contribution in [2.45, 2.75) is 26.4 Å². The lowest BCUT2D eigenvalue weighted by atomic mass is 9.94. The molecule has 5 rings (SSSR count). The summed E-state index contributed by atoms with van der Waals surface area (Å²) in [4.78, 5) is 20.3. The summed E-state index contributed by atoms with van der Waals surface area (Å²) >= 11 is 1.51. The third kappa shape index (κ3) is 4.05. The van der Waals surface area contributed by atoms with Gasteiger partial charge in [0.15, 0.2) is 0 Å². The van der Waals surface area contributed by atoms with Crippen LogP contribution in [0.1, 0.15) is 35.5 Å². The van der Waals surface area contributed by atoms with Gasteiger partial charge in [0.1, 0.15) is 5.82 Å². The van der Waals surface area contributed by atoms with E-state index in [-0.39, 0.29) is 11.8 Å². The number of aromatic nitrogens is 2. The molecule has 0 spiro atoms. The molecule has 0 bridgehead atoms. The van der Waals surface area contributed by atoms with Crippen LogP contribution in [-0.2, 0) is 6.54 Å². The van der Waals surface area contributed by atoms with Gasteiger partial charge in [0.05, 0.1) is 23.0 Å². The number of carbonyl (C=O) groups excluding carboxylic acids is 1. The van der Waals surface area contributed by atoms with Crippen LogP contribution >= 0.6 is 11.3 Å². The summed E-state index contributed by atoms with van der Waals surface area (Å²) in [6.07, 6.45) is 0. The maximum Gasteiger partial charge on any atom is 0.322 e. The lowest BCUT2D eigenvalue weighted by Crippen LogP contribution is -2.45. The molecule has 166 valence electrons. The molecule has 4 aromatic rings. The highest BCUT2D eigenvalue weighted by Crippen LogP contribution is 2.38. The number of amides is 2. The molecule has 2 aromatic carbocycles. The van der Waals surface area contributed by atoms with Crippen LogP contribution in [0.15, 0.2) is 76.3 Å². The summed E-state index contributed by atoms with van der Waals surface area (Å²) in [5.74, 6) is 0.381. The second-order valence-electron chi connectivity index (χ2n) is 7.85. The van der Waals surface area contributed by atoms with Crippen molar-refractivity contribution in [2.75, 3.05) is 0 Å². The fraction of sp³-hybridized carbons (Fsp3) is 0.160. The average molecular weight is 461 g/mol. The molecule has 1 atom stereocenters. The largest absolute Gasteiger partial charge is 0.334 e. The van der Waals surface area contributed by atoms with Crippen LogP contribution in [-0.4, -0.2) is 21.1 Å². The summed E-state index contributed by atoms with van der Waals surface area (Å²) in [7, 11) is 0. The number of nitrogens with zero attached hydrogens (tertiary/aromatic N) is 3. The summed E-state index contributed by atoms with van der Waals surface area (Å²) in [6, 6.07) is 17.0. The molecule has 0 saturated carbocycles. The van der Waals surface area contributed by atoms with Crippen LogP contribution in [0.3, 0.4) is 0 Å². The first-order valence-electron chi connectivity index (χ1n) is 10.5. The Morgan fingerprint density at radius 2 is 1.97 bits per heavy atom. The van der Waals surface area contributed by atoms with Crippen molar-refractivity contribution in [1.82, 2.24) is 20.4 Å². The number of carbonyl (C=O) groups is 1. The molecule has 0 aliphatic carbocycles. The quantitative estimate of drug-likeness (QED) is 0.400. The fourth-order valence-corrected chi connectivity index (χ4v) is 4.63. The van der Waals surface area contributed by atoms with E-state index in [1.54, 1.807) is 17.0 Å². The highest BCUT2D eigenvalue weighted by molar-refractivity contribution is 7.13. The number of rotatable bonds is 5. The van der Waals surface area contributed by atoms with E-state index in [0.717, 1.165) is 16.0 Å². The molecule has 1 N–H and O–H groups in total. The van der Waals surface area contributed by atoms with Gasteiger partial charge in [0.2, 0.25) is 5.82 Å². The standard InChI is InChI=1S/C25H21FN4O2S/c1-15-7-3-4-8-18(15)14-30-16(2)21(24-28-23(29-32-24)20-11-6-12-33-20)22(27-25(30)31)17-9-5-10-19(26)13-17/h3-13,22H,14H2,1-2H3,(H,27,31). The van der Waals surface area contributed by atoms with E-state index in [2.05, 4.69) is 15.5 Å². The Kier molecular flexibility index (Phi) is 5.51. The summed E-state index contributed by atoms with van der Waals surface area (Å²) in [5, 5.41) is 9.09. The van der Waals surface area contributed by atoms with Gasteiger partial charge in [-0.05, 0) is 54.1 Å². The Morgan fingerprint density at radius 1 is 1.12 bits per heavy atom. The molecular formula is C25H21FN4O2S. The van der Waals surface area contributed by atoms with Crippen molar-refractivity contribution >= 4 is 22.9 Å². The predicted octanol–water partition coefficient (Wildman–Crippen LogP) is 5.94. The highest BCUT2D eigenvalue weighted by atomic mass is 32.1. The van der Waals surface area contributed by atoms with Gasteiger partial charge in [-0.15, -0.1) is 11.3 Å². The number of allylic oxidation sites excluding steroid dienone is 1. The molecule has 1 aliphatic rings. The Hall–Kier alpha value is -3.78. The van der Waals surface area contributed by atoms with Crippen molar-refractivity contribution < 1.29 is 13.7 Å². The van der Waals surface area contributed by atoms with E-state index in [1.165, 1.54) is 23.5 Å². The van der Waals surface area contributed by atoms with Crippen molar-refractivity contribution in [3.8, 4) is 10.7 Å². The zero-order chi connectivity index (χ0) is 22.9. The zero-order valence-electron chi connectivity index (χ0n) is 18.1. The lowest BCUT2D eigenvalue weighted by molar-refractivity contribution is 0.203. The Balaban J connectivity index is 1.62. The van der Waals surface area contributed by atoms with Gasteiger partial charge in [-0.2, -0.15) is 4.98 Å². The van der Waals surface area contributed by atoms with Gasteiger partial charge in [-0.25, -0.2) is 9.18 Å². The molecule has 8 heteroatoms. The topological polar surface area (TPSA) is 71.3 Å². The molecule has 2 aromatic heterocycles. The summed E-state index contributed by atoms with van der Waals surface area (Å²) in [6.45, 7) is 4.25. The molecule has 2 amide bonds.